The van der Waals surface area contributed by atoms with Gasteiger partial charge in [0, 0.05) is 12.0 Å². The maximum absolute atomic E-state index is 12.9. The summed E-state index contributed by atoms with van der Waals surface area (Å²) < 4.78 is 11.5. The molecule has 2 aromatic rings. The summed E-state index contributed by atoms with van der Waals surface area (Å²) >= 11 is 0. The van der Waals surface area contributed by atoms with Crippen molar-refractivity contribution in [2.24, 2.45) is 0 Å². The first kappa shape index (κ1) is 23.6. The number of esters is 1. The number of hydrogen-bond donors (Lipinski definition) is 0. The molecule has 0 N–H and O–H groups in total. The topological polar surface area (TPSA) is 52.6 Å². The average Bonchev–Trinajstić information content (AvgIpc) is 2.72. The Morgan fingerprint density at radius 1 is 0.900 bits per heavy atom. The second kappa shape index (κ2) is 10.4. The van der Waals surface area contributed by atoms with Crippen molar-refractivity contribution in [3.8, 4) is 0 Å². The fraction of sp³-hybridized carbons (Fsp3) is 0.360. The zero-order valence-electron chi connectivity index (χ0n) is 18.4. The van der Waals surface area contributed by atoms with Crippen LogP contribution in [0.25, 0.3) is 0 Å². The van der Waals surface area contributed by atoms with Crippen molar-refractivity contribution in [1.82, 2.24) is 0 Å². The molecule has 0 unspecified atom stereocenters. The van der Waals surface area contributed by atoms with Crippen molar-refractivity contribution in [3.05, 3.63) is 72.8 Å². The van der Waals surface area contributed by atoms with Crippen molar-refractivity contribution in [1.29, 1.82) is 0 Å². The van der Waals surface area contributed by atoms with Gasteiger partial charge in [-0.05, 0) is 35.2 Å². The lowest BCUT2D eigenvalue weighted by atomic mass is 10.2. The van der Waals surface area contributed by atoms with Gasteiger partial charge < -0.3 is 9.16 Å². The Labute approximate surface area is 181 Å². The number of carbonyl (C=O) groups excluding carboxylic acids is 2. The first-order valence-electron chi connectivity index (χ1n) is 10.3. The molecule has 160 valence electrons. The zero-order valence-corrected chi connectivity index (χ0v) is 19.4. The molecule has 0 spiro atoms. The third-order valence-corrected chi connectivity index (χ3v) is 9.98. The molecule has 5 heteroatoms. The summed E-state index contributed by atoms with van der Waals surface area (Å²) in [5.74, 6) is -0.611. The molecule has 0 bridgehead atoms. The van der Waals surface area contributed by atoms with E-state index in [1.807, 2.05) is 36.4 Å². The molecule has 2 aromatic carbocycles. The smallest absolute Gasteiger partial charge is 0.333 e. The summed E-state index contributed by atoms with van der Waals surface area (Å²) in [7, 11) is -2.86. The highest BCUT2D eigenvalue weighted by molar-refractivity contribution is 7.00. The van der Waals surface area contributed by atoms with Gasteiger partial charge >= 0.3 is 14.3 Å². The minimum absolute atomic E-state index is 0.212. The Bertz CT molecular complexity index is 814. The fourth-order valence-electron chi connectivity index (χ4n) is 3.53. The lowest BCUT2D eigenvalue weighted by Crippen LogP contribution is -2.67. The predicted molar refractivity (Wildman–Crippen MR) is 123 cm³/mol. The summed E-state index contributed by atoms with van der Waals surface area (Å²) in [5.41, 5.74) is 0.376. The van der Waals surface area contributed by atoms with E-state index < -0.39 is 14.3 Å². The number of carbonyl (C=O) groups is 2. The number of rotatable bonds is 9. The molecule has 30 heavy (non-hydrogen) atoms. The fourth-order valence-corrected chi connectivity index (χ4v) is 7.91. The van der Waals surface area contributed by atoms with Gasteiger partial charge in [0.15, 0.2) is 0 Å². The van der Waals surface area contributed by atoms with Crippen molar-refractivity contribution in [2.75, 3.05) is 6.61 Å². The first-order chi connectivity index (χ1) is 14.2. The third-order valence-electron chi connectivity index (χ3n) is 5.04. The van der Waals surface area contributed by atoms with Crippen LogP contribution < -0.4 is 10.4 Å². The number of benzene rings is 2. The Morgan fingerprint density at radius 2 is 1.40 bits per heavy atom. The van der Waals surface area contributed by atoms with Gasteiger partial charge in [-0.2, -0.15) is 0 Å². The molecule has 0 amide bonds. The zero-order chi connectivity index (χ0) is 22.2. The van der Waals surface area contributed by atoms with E-state index in [2.05, 4.69) is 51.6 Å². The molecular formula is C25H32O4Si. The molecular weight excluding hydrogens is 392 g/mol. The standard InChI is InChI=1S/C25H32O4Si/c1-20(2)24(27)28-19-13-12-18-23(26)29-30(25(3,4)5,21-14-8-6-9-15-21)22-16-10-7-11-17-22/h6-11,14-17H,1,12-13,18-19H2,2-5H3. The number of ether oxygens (including phenoxy) is 1. The molecule has 4 nitrogen and oxygen atoms in total. The quantitative estimate of drug-likeness (QED) is 0.259. The minimum Gasteiger partial charge on any atom is -0.510 e. The van der Waals surface area contributed by atoms with Crippen molar-refractivity contribution >= 4 is 30.6 Å². The van der Waals surface area contributed by atoms with Gasteiger partial charge in [-0.15, -0.1) is 0 Å². The van der Waals surface area contributed by atoms with Crippen LogP contribution in [0.5, 0.6) is 0 Å². The molecule has 0 aromatic heterocycles. The van der Waals surface area contributed by atoms with Crippen LogP contribution in [0.1, 0.15) is 47.0 Å². The van der Waals surface area contributed by atoms with Crippen molar-refractivity contribution in [2.45, 2.75) is 52.0 Å². The maximum Gasteiger partial charge on any atom is 0.333 e. The maximum atomic E-state index is 12.9. The monoisotopic (exact) mass is 424 g/mol. The van der Waals surface area contributed by atoms with Crippen LogP contribution in [-0.2, 0) is 18.8 Å². The predicted octanol–water partition coefficient (Wildman–Crippen LogP) is 4.38. The number of unbranched alkanes of at least 4 members (excludes halogenated alkanes) is 1. The molecule has 2 rings (SSSR count). The van der Waals surface area contributed by atoms with Gasteiger partial charge in [-0.1, -0.05) is 88.0 Å². The van der Waals surface area contributed by atoms with Gasteiger partial charge in [0.1, 0.15) is 0 Å². The minimum atomic E-state index is -2.86. The largest absolute Gasteiger partial charge is 0.510 e. The summed E-state index contributed by atoms with van der Waals surface area (Å²) in [6.45, 7) is 11.9. The van der Waals surface area contributed by atoms with Crippen LogP contribution in [0.3, 0.4) is 0 Å². The van der Waals surface area contributed by atoms with Gasteiger partial charge in [0.2, 0.25) is 0 Å². The van der Waals surface area contributed by atoms with E-state index in [1.165, 1.54) is 0 Å². The van der Waals surface area contributed by atoms with Crippen LogP contribution >= 0.6 is 0 Å². The molecule has 0 radical (unpaired) electrons. The summed E-state index contributed by atoms with van der Waals surface area (Å²) in [5, 5.41) is 1.91. The molecule has 0 heterocycles. The van der Waals surface area contributed by atoms with E-state index in [0.29, 0.717) is 18.4 Å². The van der Waals surface area contributed by atoms with E-state index in [-0.39, 0.29) is 24.0 Å². The molecule has 0 fully saturated rings. The summed E-state index contributed by atoms with van der Waals surface area (Å²) in [4.78, 5) is 24.4. The second-order valence-corrected chi connectivity index (χ2v) is 12.7. The Morgan fingerprint density at radius 3 is 1.83 bits per heavy atom. The first-order valence-corrected chi connectivity index (χ1v) is 12.2. The lowest BCUT2D eigenvalue weighted by molar-refractivity contribution is -0.139. The molecule has 0 aliphatic rings. The number of hydrogen-bond acceptors (Lipinski definition) is 4. The van der Waals surface area contributed by atoms with Crippen LogP contribution in [0.2, 0.25) is 5.04 Å². The third kappa shape index (κ3) is 5.69. The lowest BCUT2D eigenvalue weighted by Gasteiger charge is -2.42. The Balaban J connectivity index is 2.19. The van der Waals surface area contributed by atoms with Gasteiger partial charge in [0.25, 0.3) is 5.97 Å². The van der Waals surface area contributed by atoms with E-state index in [1.54, 1.807) is 6.92 Å². The van der Waals surface area contributed by atoms with Crippen LogP contribution in [0.4, 0.5) is 0 Å². The highest BCUT2D eigenvalue weighted by atomic mass is 28.4. The van der Waals surface area contributed by atoms with Crippen LogP contribution in [0, 0.1) is 0 Å². The Kier molecular flexibility index (Phi) is 8.18. The van der Waals surface area contributed by atoms with Gasteiger partial charge in [0.05, 0.1) is 6.61 Å². The Hall–Kier alpha value is -2.66. The van der Waals surface area contributed by atoms with E-state index in [0.717, 1.165) is 10.4 Å². The van der Waals surface area contributed by atoms with Crippen molar-refractivity contribution in [3.63, 3.8) is 0 Å². The van der Waals surface area contributed by atoms with Crippen LogP contribution in [0.15, 0.2) is 72.8 Å². The highest BCUT2D eigenvalue weighted by Gasteiger charge is 2.52. The normalized spacial score (nSPS) is 11.6. The van der Waals surface area contributed by atoms with Gasteiger partial charge in [-0.25, -0.2) is 4.79 Å². The molecule has 0 saturated heterocycles. The second-order valence-electron chi connectivity index (χ2n) is 8.51. The van der Waals surface area contributed by atoms with E-state index >= 15 is 0 Å². The SMILES string of the molecule is C=C(C)C(=O)OCCCCC(=O)O[Si](c1ccccc1)(c1ccccc1)C(C)(C)C. The van der Waals surface area contributed by atoms with Crippen molar-refractivity contribution < 1.29 is 18.8 Å². The van der Waals surface area contributed by atoms with E-state index in [9.17, 15) is 9.59 Å². The highest BCUT2D eigenvalue weighted by Crippen LogP contribution is 2.37. The molecule has 0 aliphatic carbocycles. The molecule has 0 saturated carbocycles. The molecule has 0 aliphatic heterocycles. The summed E-state index contributed by atoms with van der Waals surface area (Å²) in [6.07, 6.45) is 1.49. The summed E-state index contributed by atoms with van der Waals surface area (Å²) in [6, 6.07) is 20.2. The van der Waals surface area contributed by atoms with Crippen LogP contribution in [-0.4, -0.2) is 26.9 Å². The average molecular weight is 425 g/mol. The van der Waals surface area contributed by atoms with Gasteiger partial charge in [-0.3, -0.25) is 4.79 Å². The van der Waals surface area contributed by atoms with E-state index in [4.69, 9.17) is 9.16 Å². The molecule has 0 atom stereocenters.